The van der Waals surface area contributed by atoms with Crippen molar-refractivity contribution in [3.63, 3.8) is 0 Å². The summed E-state index contributed by atoms with van der Waals surface area (Å²) in [5.41, 5.74) is 1.71. The van der Waals surface area contributed by atoms with Gasteiger partial charge in [-0.2, -0.15) is 0 Å². The Morgan fingerprint density at radius 2 is 1.81 bits per heavy atom. The number of carbonyl (C=O) groups excluding carboxylic acids is 2. The fraction of sp³-hybridized carbons (Fsp3) is 0.333. The van der Waals surface area contributed by atoms with Gasteiger partial charge in [0.1, 0.15) is 11.4 Å². The van der Waals surface area contributed by atoms with E-state index in [1.807, 2.05) is 24.3 Å². The van der Waals surface area contributed by atoms with Gasteiger partial charge in [-0.05, 0) is 69.2 Å². The Morgan fingerprint density at radius 1 is 1.08 bits per heavy atom. The van der Waals surface area contributed by atoms with Gasteiger partial charge in [-0.25, -0.2) is 14.2 Å². The highest BCUT2D eigenvalue weighted by Gasteiger charge is 2.23. The summed E-state index contributed by atoms with van der Waals surface area (Å²) in [6, 6.07) is 11.3. The largest absolute Gasteiger partial charge is 0.466 e. The summed E-state index contributed by atoms with van der Waals surface area (Å²) < 4.78 is 29.9. The minimum Gasteiger partial charge on any atom is -0.466 e. The number of rotatable bonds is 9. The van der Waals surface area contributed by atoms with Gasteiger partial charge in [0.25, 0.3) is 5.88 Å². The number of amides is 1. The number of esters is 1. The average molecular weight is 530 g/mol. The van der Waals surface area contributed by atoms with Crippen molar-refractivity contribution in [1.29, 1.82) is 0 Å². The number of pyridine rings is 2. The predicted molar refractivity (Wildman–Crippen MR) is 137 cm³/mol. The van der Waals surface area contributed by atoms with Crippen LogP contribution in [0.25, 0.3) is 11.1 Å². The molecule has 2 heterocycles. The van der Waals surface area contributed by atoms with E-state index in [9.17, 15) is 14.0 Å². The van der Waals surface area contributed by atoms with Crippen molar-refractivity contribution in [3.05, 3.63) is 71.4 Å². The maximum atomic E-state index is 14.0. The van der Waals surface area contributed by atoms with Crippen molar-refractivity contribution in [2.24, 2.45) is 0 Å². The maximum Gasteiger partial charge on any atom is 0.407 e. The van der Waals surface area contributed by atoms with Gasteiger partial charge in [0.15, 0.2) is 5.82 Å². The lowest BCUT2D eigenvalue weighted by atomic mass is 10.0. The Hall–Kier alpha value is -3.72. The molecule has 3 rings (SSSR count). The van der Waals surface area contributed by atoms with Gasteiger partial charge in [0.05, 0.1) is 18.1 Å². The Bertz CT molecular complexity index is 1230. The molecule has 10 heteroatoms. The van der Waals surface area contributed by atoms with Gasteiger partial charge in [0.2, 0.25) is 0 Å². The molecule has 1 atom stereocenters. The molecule has 0 aliphatic carbocycles. The first-order valence-electron chi connectivity index (χ1n) is 11.7. The lowest BCUT2D eigenvalue weighted by Gasteiger charge is -2.23. The summed E-state index contributed by atoms with van der Waals surface area (Å²) in [5.74, 6) is -0.856. The zero-order valence-electron chi connectivity index (χ0n) is 21.1. The molecule has 1 aromatic carbocycles. The fourth-order valence-corrected chi connectivity index (χ4v) is 3.54. The van der Waals surface area contributed by atoms with Crippen LogP contribution in [0, 0.1) is 5.82 Å². The van der Waals surface area contributed by atoms with Crippen molar-refractivity contribution in [3.8, 4) is 22.8 Å². The Labute approximate surface area is 220 Å². The number of benzene rings is 1. The van der Waals surface area contributed by atoms with Gasteiger partial charge in [-0.1, -0.05) is 23.7 Å². The number of alkyl carbamates (subject to hydrolysis) is 1. The third-order valence-corrected chi connectivity index (χ3v) is 5.09. The van der Waals surface area contributed by atoms with Gasteiger partial charge >= 0.3 is 12.1 Å². The number of nitrogens with one attached hydrogen (secondary N) is 1. The second-order valence-electron chi connectivity index (χ2n) is 9.16. The normalized spacial score (nSPS) is 11.9. The number of hydrogen-bond donors (Lipinski definition) is 1. The molecule has 0 spiro atoms. The fourth-order valence-electron chi connectivity index (χ4n) is 3.40. The summed E-state index contributed by atoms with van der Waals surface area (Å²) >= 11 is 5.73. The van der Waals surface area contributed by atoms with E-state index in [1.165, 1.54) is 6.20 Å². The maximum absolute atomic E-state index is 14.0. The molecule has 0 saturated heterocycles. The highest BCUT2D eigenvalue weighted by atomic mass is 35.5. The minimum atomic E-state index is -0.679. The van der Waals surface area contributed by atoms with Crippen LogP contribution in [0.4, 0.5) is 9.18 Å². The van der Waals surface area contributed by atoms with Crippen molar-refractivity contribution in [1.82, 2.24) is 15.3 Å². The number of nitrogens with zero attached hydrogens (tertiary/aromatic N) is 2. The molecule has 1 amide bonds. The van der Waals surface area contributed by atoms with E-state index in [2.05, 4.69) is 15.3 Å². The molecule has 0 bridgehead atoms. The third-order valence-electron chi connectivity index (χ3n) is 4.89. The molecule has 196 valence electrons. The summed E-state index contributed by atoms with van der Waals surface area (Å²) in [4.78, 5) is 32.7. The molecule has 1 unspecified atom stereocenters. The first-order chi connectivity index (χ1) is 17.5. The van der Waals surface area contributed by atoms with Gasteiger partial charge in [0, 0.05) is 30.6 Å². The van der Waals surface area contributed by atoms with Crippen LogP contribution in [0.2, 0.25) is 5.02 Å². The Balaban J connectivity index is 1.73. The summed E-state index contributed by atoms with van der Waals surface area (Å²) in [5, 5.41) is 2.93. The van der Waals surface area contributed by atoms with Crippen molar-refractivity contribution in [2.45, 2.75) is 52.2 Å². The van der Waals surface area contributed by atoms with E-state index in [-0.39, 0.29) is 30.4 Å². The van der Waals surface area contributed by atoms with Crippen LogP contribution >= 0.6 is 11.6 Å². The van der Waals surface area contributed by atoms with Crippen LogP contribution in [-0.4, -0.2) is 40.3 Å². The van der Waals surface area contributed by atoms with E-state index in [0.29, 0.717) is 11.4 Å². The molecular weight excluding hydrogens is 501 g/mol. The number of halogens is 2. The molecule has 0 fully saturated rings. The highest BCUT2D eigenvalue weighted by molar-refractivity contribution is 6.30. The molecule has 2 aromatic heterocycles. The summed E-state index contributed by atoms with van der Waals surface area (Å²) in [7, 11) is 0. The zero-order chi connectivity index (χ0) is 27.0. The number of carbonyl (C=O) groups is 2. The van der Waals surface area contributed by atoms with Gasteiger partial charge in [-0.15, -0.1) is 0 Å². The second-order valence-corrected chi connectivity index (χ2v) is 9.60. The molecular formula is C27H29ClFN3O5. The topological polar surface area (TPSA) is 99.6 Å². The third kappa shape index (κ3) is 9.02. The SMILES string of the molecule is CCOC(=O)CC(Cc1cc(-c2ccc(Oc3ncc(Cl)cc3F)cc2)ccn1)NC(=O)OC(C)(C)C. The first kappa shape index (κ1) is 27.9. The smallest absolute Gasteiger partial charge is 0.407 e. The van der Waals surface area contributed by atoms with E-state index in [4.69, 9.17) is 25.8 Å². The van der Waals surface area contributed by atoms with Crippen LogP contribution < -0.4 is 10.1 Å². The van der Waals surface area contributed by atoms with E-state index in [1.54, 1.807) is 46.0 Å². The van der Waals surface area contributed by atoms with Crippen LogP contribution in [0.5, 0.6) is 11.6 Å². The van der Waals surface area contributed by atoms with Crippen molar-refractivity contribution in [2.75, 3.05) is 6.61 Å². The van der Waals surface area contributed by atoms with Gasteiger partial charge in [-0.3, -0.25) is 9.78 Å². The van der Waals surface area contributed by atoms with Crippen LogP contribution in [0.15, 0.2) is 54.9 Å². The molecule has 37 heavy (non-hydrogen) atoms. The first-order valence-corrected chi connectivity index (χ1v) is 12.1. The average Bonchev–Trinajstić information content (AvgIpc) is 2.80. The molecule has 0 radical (unpaired) electrons. The standard InChI is InChI=1S/C27H29ClFN3O5/c1-5-35-24(33)15-21(32-26(34)37-27(2,3)4)14-20-12-18(10-11-30-20)17-6-8-22(9-7-17)36-25-23(29)13-19(28)16-31-25/h6-13,16,21H,5,14-15H2,1-4H3,(H,32,34). The summed E-state index contributed by atoms with van der Waals surface area (Å²) in [6.45, 7) is 7.24. The molecule has 0 saturated carbocycles. The molecule has 1 N–H and O–H groups in total. The second kappa shape index (κ2) is 12.5. The number of hydrogen-bond acceptors (Lipinski definition) is 7. The predicted octanol–water partition coefficient (Wildman–Crippen LogP) is 6.12. The summed E-state index contributed by atoms with van der Waals surface area (Å²) in [6.07, 6.45) is 2.59. The lowest BCUT2D eigenvalue weighted by molar-refractivity contribution is -0.143. The number of ether oxygens (including phenoxy) is 3. The molecule has 0 aliphatic rings. The molecule has 8 nitrogen and oxygen atoms in total. The van der Waals surface area contributed by atoms with Gasteiger partial charge < -0.3 is 19.5 Å². The van der Waals surface area contributed by atoms with Crippen molar-refractivity contribution < 1.29 is 28.2 Å². The van der Waals surface area contributed by atoms with Crippen LogP contribution in [0.1, 0.15) is 39.8 Å². The minimum absolute atomic E-state index is 0.0275. The molecule has 3 aromatic rings. The van der Waals surface area contributed by atoms with E-state index >= 15 is 0 Å². The van der Waals surface area contributed by atoms with Crippen LogP contribution in [0.3, 0.4) is 0 Å². The van der Waals surface area contributed by atoms with E-state index < -0.39 is 29.5 Å². The van der Waals surface area contributed by atoms with E-state index in [0.717, 1.165) is 17.2 Å². The van der Waals surface area contributed by atoms with Crippen molar-refractivity contribution >= 4 is 23.7 Å². The quantitative estimate of drug-likeness (QED) is 0.333. The Kier molecular flexibility index (Phi) is 9.41. The monoisotopic (exact) mass is 529 g/mol. The Morgan fingerprint density at radius 3 is 2.46 bits per heavy atom. The zero-order valence-corrected chi connectivity index (χ0v) is 21.8. The highest BCUT2D eigenvalue weighted by Crippen LogP contribution is 2.27. The van der Waals surface area contributed by atoms with Crippen LogP contribution in [-0.2, 0) is 20.7 Å². The number of aromatic nitrogens is 2. The lowest BCUT2D eigenvalue weighted by Crippen LogP contribution is -2.41. The molecule has 0 aliphatic heterocycles.